The second-order valence-electron chi connectivity index (χ2n) is 4.17. The Hall–Kier alpha value is -0.930. The van der Waals surface area contributed by atoms with Crippen LogP contribution in [0.4, 0.5) is 4.39 Å². The highest BCUT2D eigenvalue weighted by Crippen LogP contribution is 2.29. The van der Waals surface area contributed by atoms with Gasteiger partial charge in [0, 0.05) is 23.1 Å². The van der Waals surface area contributed by atoms with Crippen LogP contribution in [0.15, 0.2) is 36.5 Å². The summed E-state index contributed by atoms with van der Waals surface area (Å²) >= 11 is 9.35. The zero-order chi connectivity index (χ0) is 13.1. The Kier molecular flexibility index (Phi) is 4.36. The first kappa shape index (κ1) is 13.5. The number of hydrogen-bond donors (Lipinski definition) is 0. The molecule has 0 radical (unpaired) electrons. The number of pyridine rings is 1. The molecule has 0 bridgehead atoms. The van der Waals surface area contributed by atoms with E-state index in [1.807, 2.05) is 25.3 Å². The Morgan fingerprint density at radius 1 is 1.33 bits per heavy atom. The summed E-state index contributed by atoms with van der Waals surface area (Å²) in [7, 11) is 0. The molecule has 1 aromatic heterocycles. The quantitative estimate of drug-likeness (QED) is 0.733. The average molecular weight is 329 g/mol. The van der Waals surface area contributed by atoms with Crippen molar-refractivity contribution in [3.05, 3.63) is 64.2 Å². The summed E-state index contributed by atoms with van der Waals surface area (Å²) in [5, 5.41) is 0.147. The Morgan fingerprint density at radius 3 is 2.72 bits per heavy atom. The topological polar surface area (TPSA) is 12.9 Å². The molecule has 4 heteroatoms. The summed E-state index contributed by atoms with van der Waals surface area (Å²) < 4.78 is 13.1. The predicted molar refractivity (Wildman–Crippen MR) is 75.8 cm³/mol. The van der Waals surface area contributed by atoms with E-state index in [1.54, 1.807) is 12.1 Å². The first-order valence-corrected chi connectivity index (χ1v) is 6.86. The number of benzene rings is 1. The van der Waals surface area contributed by atoms with Crippen LogP contribution in [0.3, 0.4) is 0 Å². The summed E-state index contributed by atoms with van der Waals surface area (Å²) in [6, 6.07) is 8.78. The van der Waals surface area contributed by atoms with Gasteiger partial charge in [-0.25, -0.2) is 4.39 Å². The van der Waals surface area contributed by atoms with Gasteiger partial charge >= 0.3 is 0 Å². The van der Waals surface area contributed by atoms with Gasteiger partial charge in [0.1, 0.15) is 5.82 Å². The fourth-order valence-electron chi connectivity index (χ4n) is 1.63. The maximum atomic E-state index is 13.1. The van der Waals surface area contributed by atoms with E-state index < -0.39 is 5.82 Å². The van der Waals surface area contributed by atoms with Crippen LogP contribution in [0.5, 0.6) is 0 Å². The zero-order valence-electron chi connectivity index (χ0n) is 9.83. The molecule has 1 atom stereocenters. The van der Waals surface area contributed by atoms with Gasteiger partial charge in [-0.1, -0.05) is 39.7 Å². The molecular formula is C14H12BrClFN. The van der Waals surface area contributed by atoms with Crippen molar-refractivity contribution >= 4 is 27.5 Å². The molecular weight excluding hydrogens is 317 g/mol. The third-order valence-electron chi connectivity index (χ3n) is 2.67. The summed E-state index contributed by atoms with van der Waals surface area (Å²) in [5.74, 6) is -0.395. The van der Waals surface area contributed by atoms with E-state index in [0.717, 1.165) is 23.2 Å². The molecule has 1 unspecified atom stereocenters. The third-order valence-corrected chi connectivity index (χ3v) is 3.81. The van der Waals surface area contributed by atoms with Crippen molar-refractivity contribution in [2.24, 2.45) is 0 Å². The van der Waals surface area contributed by atoms with Crippen molar-refractivity contribution in [3.8, 4) is 0 Å². The molecule has 94 valence electrons. The number of nitrogens with zero attached hydrogens (tertiary/aromatic N) is 1. The van der Waals surface area contributed by atoms with Crippen LogP contribution in [-0.2, 0) is 6.42 Å². The van der Waals surface area contributed by atoms with Gasteiger partial charge in [-0.05, 0) is 36.2 Å². The van der Waals surface area contributed by atoms with E-state index in [0.29, 0.717) is 0 Å². The molecule has 0 saturated carbocycles. The second kappa shape index (κ2) is 5.81. The molecule has 0 saturated heterocycles. The van der Waals surface area contributed by atoms with Gasteiger partial charge < -0.3 is 0 Å². The average Bonchev–Trinajstić information content (AvgIpc) is 2.35. The van der Waals surface area contributed by atoms with E-state index in [1.165, 1.54) is 6.07 Å². The van der Waals surface area contributed by atoms with E-state index in [-0.39, 0.29) is 9.85 Å². The maximum absolute atomic E-state index is 13.1. The Labute approximate surface area is 119 Å². The summed E-state index contributed by atoms with van der Waals surface area (Å²) in [6.45, 7) is 2.00. The smallest absolute Gasteiger partial charge is 0.141 e. The Balaban J connectivity index is 2.13. The molecule has 0 spiro atoms. The van der Waals surface area contributed by atoms with Crippen LogP contribution in [0.25, 0.3) is 0 Å². The van der Waals surface area contributed by atoms with E-state index >= 15 is 0 Å². The molecule has 0 aliphatic carbocycles. The van der Waals surface area contributed by atoms with Crippen molar-refractivity contribution in [2.75, 3.05) is 0 Å². The van der Waals surface area contributed by atoms with Crippen LogP contribution >= 0.6 is 27.5 Å². The van der Waals surface area contributed by atoms with E-state index in [4.69, 9.17) is 11.6 Å². The highest BCUT2D eigenvalue weighted by Gasteiger charge is 2.11. The number of rotatable bonds is 3. The first-order chi connectivity index (χ1) is 8.56. The zero-order valence-corrected chi connectivity index (χ0v) is 12.2. The molecule has 0 N–H and O–H groups in total. The summed E-state index contributed by atoms with van der Waals surface area (Å²) in [5.41, 5.74) is 3.07. The van der Waals surface area contributed by atoms with E-state index in [2.05, 4.69) is 20.9 Å². The van der Waals surface area contributed by atoms with Gasteiger partial charge in [-0.2, -0.15) is 0 Å². The monoisotopic (exact) mass is 327 g/mol. The van der Waals surface area contributed by atoms with Crippen LogP contribution in [0.1, 0.15) is 21.6 Å². The van der Waals surface area contributed by atoms with Crippen molar-refractivity contribution in [1.29, 1.82) is 0 Å². The largest absolute Gasteiger partial charge is 0.261 e. The van der Waals surface area contributed by atoms with E-state index in [9.17, 15) is 4.39 Å². The minimum atomic E-state index is -0.395. The van der Waals surface area contributed by atoms with Gasteiger partial charge in [0.05, 0.1) is 5.02 Å². The number of aryl methyl sites for hydroxylation is 1. The fourth-order valence-corrected chi connectivity index (χ4v) is 2.43. The third kappa shape index (κ3) is 3.30. The maximum Gasteiger partial charge on any atom is 0.141 e. The van der Waals surface area contributed by atoms with Crippen molar-refractivity contribution in [1.82, 2.24) is 4.98 Å². The Morgan fingerprint density at radius 2 is 2.11 bits per heavy atom. The highest BCUT2D eigenvalue weighted by molar-refractivity contribution is 9.09. The van der Waals surface area contributed by atoms with Gasteiger partial charge in [0.15, 0.2) is 0 Å². The molecule has 0 aliphatic heterocycles. The SMILES string of the molecule is Cc1ccc(CC(Br)c2ccc(F)c(Cl)c2)nc1. The molecule has 2 rings (SSSR count). The lowest BCUT2D eigenvalue weighted by Crippen LogP contribution is -1.98. The highest BCUT2D eigenvalue weighted by atomic mass is 79.9. The standard InChI is InChI=1S/C14H12BrClFN/c1-9-2-4-11(18-8-9)7-12(15)10-3-5-14(17)13(16)6-10/h2-6,8,12H,7H2,1H3. The number of aromatic nitrogens is 1. The molecule has 1 nitrogen and oxygen atoms in total. The number of halogens is 3. The van der Waals surface area contributed by atoms with Gasteiger partial charge in [0.25, 0.3) is 0 Å². The molecule has 18 heavy (non-hydrogen) atoms. The predicted octanol–water partition coefficient (Wildman–Crippen LogP) is 4.86. The summed E-state index contributed by atoms with van der Waals surface area (Å²) in [4.78, 5) is 4.42. The first-order valence-electron chi connectivity index (χ1n) is 5.57. The Bertz CT molecular complexity index is 542. The molecule has 1 heterocycles. The van der Waals surface area contributed by atoms with Crippen molar-refractivity contribution < 1.29 is 4.39 Å². The fraction of sp³-hybridized carbons (Fsp3) is 0.214. The lowest BCUT2D eigenvalue weighted by molar-refractivity contribution is 0.627. The lowest BCUT2D eigenvalue weighted by Gasteiger charge is -2.10. The van der Waals surface area contributed by atoms with Crippen LogP contribution < -0.4 is 0 Å². The van der Waals surface area contributed by atoms with Gasteiger partial charge in [-0.3, -0.25) is 4.98 Å². The van der Waals surface area contributed by atoms with Gasteiger partial charge in [-0.15, -0.1) is 0 Å². The number of alkyl halides is 1. The van der Waals surface area contributed by atoms with Crippen molar-refractivity contribution in [3.63, 3.8) is 0 Å². The number of hydrogen-bond acceptors (Lipinski definition) is 1. The van der Waals surface area contributed by atoms with Crippen LogP contribution in [-0.4, -0.2) is 4.98 Å². The van der Waals surface area contributed by atoms with Crippen LogP contribution in [0.2, 0.25) is 5.02 Å². The van der Waals surface area contributed by atoms with Crippen molar-refractivity contribution in [2.45, 2.75) is 18.2 Å². The molecule has 2 aromatic rings. The minimum Gasteiger partial charge on any atom is -0.261 e. The molecule has 1 aromatic carbocycles. The van der Waals surface area contributed by atoms with Gasteiger partial charge in [0.2, 0.25) is 0 Å². The normalized spacial score (nSPS) is 12.4. The molecule has 0 amide bonds. The van der Waals surface area contributed by atoms with Crippen LogP contribution in [0, 0.1) is 12.7 Å². The minimum absolute atomic E-state index is 0.0748. The second-order valence-corrected chi connectivity index (χ2v) is 5.68. The summed E-state index contributed by atoms with van der Waals surface area (Å²) in [6.07, 6.45) is 2.58. The lowest BCUT2D eigenvalue weighted by atomic mass is 10.1. The molecule has 0 aliphatic rings. The molecule has 0 fully saturated rings.